The quantitative estimate of drug-likeness (QED) is 0.686. The first-order valence-corrected chi connectivity index (χ1v) is 10.0. The monoisotopic (exact) mass is 411 g/mol. The lowest BCUT2D eigenvalue weighted by molar-refractivity contribution is 0.176. The van der Waals surface area contributed by atoms with Gasteiger partial charge in [-0.25, -0.2) is 18.7 Å². The van der Waals surface area contributed by atoms with E-state index >= 15 is 0 Å². The minimum absolute atomic E-state index is 0.00444. The maximum atomic E-state index is 13.7. The van der Waals surface area contributed by atoms with Crippen molar-refractivity contribution in [3.05, 3.63) is 48.3 Å². The number of pyridine rings is 1. The van der Waals surface area contributed by atoms with E-state index < -0.39 is 6.10 Å². The summed E-state index contributed by atoms with van der Waals surface area (Å²) < 4.78 is 15.3. The highest BCUT2D eigenvalue weighted by molar-refractivity contribution is 5.93. The molecule has 0 radical (unpaired) electrons. The van der Waals surface area contributed by atoms with Crippen LogP contribution in [-0.4, -0.2) is 61.4 Å². The highest BCUT2D eigenvalue weighted by atomic mass is 19.1. The average Bonchev–Trinajstić information content (AvgIpc) is 3.47. The third-order valence-electron chi connectivity index (χ3n) is 5.70. The Kier molecular flexibility index (Phi) is 4.70. The molecule has 3 aromatic rings. The molecule has 0 saturated carbocycles. The fourth-order valence-electron chi connectivity index (χ4n) is 4.23. The van der Waals surface area contributed by atoms with Gasteiger partial charge in [-0.05, 0) is 37.0 Å². The van der Waals surface area contributed by atoms with Crippen molar-refractivity contribution < 1.29 is 14.3 Å². The molecule has 0 aliphatic carbocycles. The van der Waals surface area contributed by atoms with Gasteiger partial charge in [0.2, 0.25) is 0 Å². The molecule has 0 bridgehead atoms. The Labute approximate surface area is 172 Å². The van der Waals surface area contributed by atoms with Gasteiger partial charge in [-0.15, -0.1) is 0 Å². The zero-order chi connectivity index (χ0) is 20.7. The summed E-state index contributed by atoms with van der Waals surface area (Å²) in [5, 5.41) is 16.8. The van der Waals surface area contributed by atoms with Crippen molar-refractivity contribution in [3.8, 4) is 0 Å². The van der Waals surface area contributed by atoms with Crippen LogP contribution in [0.25, 0.3) is 5.65 Å². The van der Waals surface area contributed by atoms with Crippen LogP contribution < -0.4 is 10.2 Å². The lowest BCUT2D eigenvalue weighted by atomic mass is 10.1. The van der Waals surface area contributed by atoms with Crippen LogP contribution in [0, 0.1) is 5.82 Å². The lowest BCUT2D eigenvalue weighted by Gasteiger charge is -2.26. The molecule has 10 heteroatoms. The number of carbonyl (C=O) groups is 1. The van der Waals surface area contributed by atoms with Gasteiger partial charge < -0.3 is 20.2 Å². The standard InChI is InChI=1S/C20H22FN7O2/c21-14-8-13(9-22-10-14)17-2-1-5-27(17)18-4-7-28-19(25-18)16(11-23-28)24-20(30)26-6-3-15(29)12-26/h4,7-11,15,17,29H,1-3,5-6,12H2,(H,24,30). The number of amides is 2. The Morgan fingerprint density at radius 1 is 1.23 bits per heavy atom. The highest BCUT2D eigenvalue weighted by Gasteiger charge is 2.29. The Morgan fingerprint density at radius 3 is 2.93 bits per heavy atom. The number of nitrogens with one attached hydrogen (secondary N) is 1. The summed E-state index contributed by atoms with van der Waals surface area (Å²) in [4.78, 5) is 24.9. The highest BCUT2D eigenvalue weighted by Crippen LogP contribution is 2.35. The maximum Gasteiger partial charge on any atom is 0.322 e. The van der Waals surface area contributed by atoms with E-state index in [0.717, 1.165) is 30.8 Å². The fraction of sp³-hybridized carbons (Fsp3) is 0.400. The summed E-state index contributed by atoms with van der Waals surface area (Å²) in [5.74, 6) is 0.387. The number of urea groups is 1. The summed E-state index contributed by atoms with van der Waals surface area (Å²) in [6.45, 7) is 1.63. The number of anilines is 2. The topological polar surface area (TPSA) is 98.9 Å². The van der Waals surface area contributed by atoms with E-state index in [4.69, 9.17) is 4.98 Å². The smallest absolute Gasteiger partial charge is 0.322 e. The van der Waals surface area contributed by atoms with Crippen molar-refractivity contribution in [2.75, 3.05) is 29.9 Å². The predicted octanol–water partition coefficient (Wildman–Crippen LogP) is 2.20. The van der Waals surface area contributed by atoms with Crippen molar-refractivity contribution in [3.63, 3.8) is 0 Å². The van der Waals surface area contributed by atoms with Crippen LogP contribution in [0.3, 0.4) is 0 Å². The Bertz CT molecular complexity index is 1090. The van der Waals surface area contributed by atoms with Crippen LogP contribution in [0.4, 0.5) is 20.7 Å². The number of aliphatic hydroxyl groups is 1. The van der Waals surface area contributed by atoms with E-state index in [9.17, 15) is 14.3 Å². The number of likely N-dealkylation sites (tertiary alicyclic amines) is 1. The number of fused-ring (bicyclic) bond motifs is 1. The van der Waals surface area contributed by atoms with Crippen molar-refractivity contribution in [2.24, 2.45) is 0 Å². The average molecular weight is 411 g/mol. The van der Waals surface area contributed by atoms with Gasteiger partial charge in [-0.2, -0.15) is 5.10 Å². The van der Waals surface area contributed by atoms with Crippen LogP contribution in [0.15, 0.2) is 36.9 Å². The van der Waals surface area contributed by atoms with Crippen molar-refractivity contribution in [1.29, 1.82) is 0 Å². The predicted molar refractivity (Wildman–Crippen MR) is 108 cm³/mol. The minimum atomic E-state index is -0.478. The van der Waals surface area contributed by atoms with E-state index in [1.165, 1.54) is 12.3 Å². The third kappa shape index (κ3) is 3.43. The molecule has 2 amide bonds. The first-order valence-electron chi connectivity index (χ1n) is 10.0. The van der Waals surface area contributed by atoms with E-state index in [-0.39, 0.29) is 17.9 Å². The lowest BCUT2D eigenvalue weighted by Crippen LogP contribution is -2.33. The molecule has 2 aliphatic heterocycles. The molecule has 2 fully saturated rings. The van der Waals surface area contributed by atoms with Crippen LogP contribution in [0.5, 0.6) is 0 Å². The van der Waals surface area contributed by atoms with Gasteiger partial charge in [0.15, 0.2) is 5.65 Å². The molecule has 2 aliphatic rings. The summed E-state index contributed by atoms with van der Waals surface area (Å²) in [5.41, 5.74) is 1.86. The van der Waals surface area contributed by atoms with Gasteiger partial charge in [0, 0.05) is 32.0 Å². The molecule has 5 rings (SSSR count). The first kappa shape index (κ1) is 18.7. The molecule has 2 N–H and O–H groups in total. The van der Waals surface area contributed by atoms with E-state index in [2.05, 4.69) is 20.3 Å². The number of halogens is 1. The summed E-state index contributed by atoms with van der Waals surface area (Å²) >= 11 is 0. The third-order valence-corrected chi connectivity index (χ3v) is 5.70. The first-order chi connectivity index (χ1) is 14.6. The van der Waals surface area contributed by atoms with Gasteiger partial charge in [0.05, 0.1) is 24.5 Å². The van der Waals surface area contributed by atoms with Crippen molar-refractivity contribution in [1.82, 2.24) is 24.5 Å². The fourth-order valence-corrected chi connectivity index (χ4v) is 4.23. The maximum absolute atomic E-state index is 13.7. The molecule has 156 valence electrons. The summed E-state index contributed by atoms with van der Waals surface area (Å²) in [6, 6.07) is 3.10. The summed E-state index contributed by atoms with van der Waals surface area (Å²) in [7, 11) is 0. The van der Waals surface area contributed by atoms with Gasteiger partial charge in [0.25, 0.3) is 0 Å². The summed E-state index contributed by atoms with van der Waals surface area (Å²) in [6.07, 6.45) is 8.21. The molecule has 2 saturated heterocycles. The van der Waals surface area contributed by atoms with Crippen LogP contribution >= 0.6 is 0 Å². The van der Waals surface area contributed by atoms with E-state index in [1.54, 1.807) is 28.0 Å². The second-order valence-electron chi connectivity index (χ2n) is 7.72. The van der Waals surface area contributed by atoms with Crippen molar-refractivity contribution >= 4 is 23.2 Å². The van der Waals surface area contributed by atoms with Gasteiger partial charge in [-0.3, -0.25) is 4.98 Å². The molecular weight excluding hydrogens is 389 g/mol. The number of aromatic nitrogens is 4. The molecule has 30 heavy (non-hydrogen) atoms. The van der Waals surface area contributed by atoms with E-state index in [1.807, 2.05) is 6.07 Å². The number of nitrogens with zero attached hydrogens (tertiary/aromatic N) is 6. The molecule has 9 nitrogen and oxygen atoms in total. The SMILES string of the molecule is O=C(Nc1cnn2ccc(N3CCCC3c3cncc(F)c3)nc12)N1CCC(O)C1. The number of aliphatic hydroxyl groups excluding tert-OH is 1. The molecular formula is C20H22FN7O2. The Morgan fingerprint density at radius 2 is 2.13 bits per heavy atom. The van der Waals surface area contributed by atoms with Crippen LogP contribution in [0.1, 0.15) is 30.9 Å². The number of rotatable bonds is 3. The Hall–Kier alpha value is -3.27. The molecule has 0 aromatic carbocycles. The second-order valence-corrected chi connectivity index (χ2v) is 7.72. The molecule has 2 atom stereocenters. The molecule has 5 heterocycles. The van der Waals surface area contributed by atoms with Crippen molar-refractivity contribution in [2.45, 2.75) is 31.4 Å². The van der Waals surface area contributed by atoms with Gasteiger partial charge in [-0.1, -0.05) is 0 Å². The normalized spacial score (nSPS) is 21.5. The molecule has 2 unspecified atom stereocenters. The van der Waals surface area contributed by atoms with Crippen LogP contribution in [-0.2, 0) is 0 Å². The second kappa shape index (κ2) is 7.52. The largest absolute Gasteiger partial charge is 0.391 e. The molecule has 3 aromatic heterocycles. The minimum Gasteiger partial charge on any atom is -0.391 e. The molecule has 0 spiro atoms. The number of β-amino-alcohol motifs (C(OH)–C–C–N with tert-alkyl or cyclic N) is 1. The zero-order valence-electron chi connectivity index (χ0n) is 16.3. The Balaban J connectivity index is 1.42. The van der Waals surface area contributed by atoms with Gasteiger partial charge in [0.1, 0.15) is 17.3 Å². The van der Waals surface area contributed by atoms with Crippen LogP contribution in [0.2, 0.25) is 0 Å². The van der Waals surface area contributed by atoms with E-state index in [0.29, 0.717) is 30.8 Å². The number of carbonyl (C=O) groups excluding carboxylic acids is 1. The number of hydrogen-bond acceptors (Lipinski definition) is 6. The number of hydrogen-bond donors (Lipinski definition) is 2. The van der Waals surface area contributed by atoms with Gasteiger partial charge >= 0.3 is 6.03 Å². The zero-order valence-corrected chi connectivity index (χ0v) is 16.3.